The molecular formula is C18H19N3O3S. The van der Waals surface area contributed by atoms with Gasteiger partial charge in [0.1, 0.15) is 11.6 Å². The van der Waals surface area contributed by atoms with Gasteiger partial charge in [0.05, 0.1) is 11.6 Å². The average molecular weight is 357 g/mol. The molecule has 1 amide bonds. The number of carbonyl (C=O) groups excluding carboxylic acids is 2. The van der Waals surface area contributed by atoms with Crippen LogP contribution in [0.2, 0.25) is 0 Å². The van der Waals surface area contributed by atoms with Crippen molar-refractivity contribution < 1.29 is 14.3 Å². The maximum Gasteiger partial charge on any atom is 0.408 e. The van der Waals surface area contributed by atoms with E-state index in [1.165, 1.54) is 11.3 Å². The molecule has 2 aromatic rings. The van der Waals surface area contributed by atoms with Crippen LogP contribution in [0.25, 0.3) is 0 Å². The van der Waals surface area contributed by atoms with E-state index in [1.54, 1.807) is 56.6 Å². The molecule has 0 saturated carbocycles. The van der Waals surface area contributed by atoms with E-state index in [9.17, 15) is 9.59 Å². The summed E-state index contributed by atoms with van der Waals surface area (Å²) in [6, 6.07) is 8.12. The number of benzene rings is 1. The van der Waals surface area contributed by atoms with Gasteiger partial charge in [0.25, 0.3) is 0 Å². The van der Waals surface area contributed by atoms with Crippen molar-refractivity contribution in [3.05, 3.63) is 52.0 Å². The van der Waals surface area contributed by atoms with Crippen LogP contribution in [-0.4, -0.2) is 28.5 Å². The smallest absolute Gasteiger partial charge is 0.408 e. The first-order valence-corrected chi connectivity index (χ1v) is 8.59. The third-order valence-corrected chi connectivity index (χ3v) is 3.96. The number of ether oxygens (including phenoxy) is 1. The summed E-state index contributed by atoms with van der Waals surface area (Å²) in [4.78, 5) is 28.8. The Morgan fingerprint density at radius 3 is 2.52 bits per heavy atom. The Bertz CT molecular complexity index is 771. The number of nitrogens with one attached hydrogen (secondary N) is 1. The molecule has 1 heterocycles. The molecule has 1 aromatic carbocycles. The second-order valence-electron chi connectivity index (χ2n) is 6.41. The predicted molar refractivity (Wildman–Crippen MR) is 94.5 cm³/mol. The van der Waals surface area contributed by atoms with Crippen LogP contribution < -0.4 is 5.32 Å². The summed E-state index contributed by atoms with van der Waals surface area (Å²) in [6.45, 7) is 5.26. The minimum atomic E-state index is -0.797. The molecule has 0 saturated heterocycles. The van der Waals surface area contributed by atoms with E-state index in [0.717, 1.165) is 5.56 Å². The van der Waals surface area contributed by atoms with Crippen LogP contribution in [0.15, 0.2) is 35.8 Å². The highest BCUT2D eigenvalue weighted by Gasteiger charge is 2.27. The molecule has 1 unspecified atom stereocenters. The highest BCUT2D eigenvalue weighted by atomic mass is 32.1. The van der Waals surface area contributed by atoms with Crippen LogP contribution >= 0.6 is 11.3 Å². The standard InChI is InChI=1S/C18H19N3O3S/c1-18(2,3)24-17(23)21-14(15(22)16-20-8-9-25-16)10-12-4-6-13(11-19)7-5-12/h4-9,14H,10H2,1-3H3,(H,21,23). The molecule has 0 aliphatic rings. The summed E-state index contributed by atoms with van der Waals surface area (Å²) in [5, 5.41) is 13.5. The van der Waals surface area contributed by atoms with E-state index < -0.39 is 17.7 Å². The Balaban J connectivity index is 2.17. The fraction of sp³-hybridized carbons (Fsp3) is 0.333. The van der Waals surface area contributed by atoms with Crippen molar-refractivity contribution in [1.82, 2.24) is 10.3 Å². The van der Waals surface area contributed by atoms with Gasteiger partial charge in [-0.3, -0.25) is 4.79 Å². The summed E-state index contributed by atoms with van der Waals surface area (Å²) in [7, 11) is 0. The minimum Gasteiger partial charge on any atom is -0.444 e. The van der Waals surface area contributed by atoms with Crippen molar-refractivity contribution in [3.63, 3.8) is 0 Å². The van der Waals surface area contributed by atoms with E-state index in [2.05, 4.69) is 10.3 Å². The zero-order valence-electron chi connectivity index (χ0n) is 14.3. The predicted octanol–water partition coefficient (Wildman–Crippen LogP) is 3.33. The van der Waals surface area contributed by atoms with Crippen molar-refractivity contribution in [3.8, 4) is 6.07 Å². The molecule has 6 nitrogen and oxygen atoms in total. The highest BCUT2D eigenvalue weighted by molar-refractivity contribution is 7.11. The van der Waals surface area contributed by atoms with Gasteiger partial charge in [-0.2, -0.15) is 5.26 Å². The van der Waals surface area contributed by atoms with Crippen LogP contribution in [0, 0.1) is 11.3 Å². The van der Waals surface area contributed by atoms with Gasteiger partial charge in [-0.15, -0.1) is 11.3 Å². The lowest BCUT2D eigenvalue weighted by Crippen LogP contribution is -2.44. The second-order valence-corrected chi connectivity index (χ2v) is 7.31. The molecule has 0 aliphatic carbocycles. The number of hydrogen-bond donors (Lipinski definition) is 1. The zero-order valence-corrected chi connectivity index (χ0v) is 15.1. The van der Waals surface area contributed by atoms with Crippen molar-refractivity contribution in [2.45, 2.75) is 38.8 Å². The Kier molecular flexibility index (Phi) is 5.88. The molecule has 130 valence electrons. The molecular weight excluding hydrogens is 338 g/mol. The molecule has 0 bridgehead atoms. The lowest BCUT2D eigenvalue weighted by molar-refractivity contribution is 0.0491. The molecule has 0 aliphatic heterocycles. The number of alkyl carbamates (subject to hydrolysis) is 1. The second kappa shape index (κ2) is 7.90. The van der Waals surface area contributed by atoms with Crippen molar-refractivity contribution in [2.24, 2.45) is 0 Å². The fourth-order valence-electron chi connectivity index (χ4n) is 2.10. The van der Waals surface area contributed by atoms with Gasteiger partial charge in [0.15, 0.2) is 5.01 Å². The first-order valence-electron chi connectivity index (χ1n) is 7.71. The largest absolute Gasteiger partial charge is 0.444 e. The van der Waals surface area contributed by atoms with Crippen molar-refractivity contribution >= 4 is 23.2 Å². The number of ketones is 1. The molecule has 1 N–H and O–H groups in total. The lowest BCUT2D eigenvalue weighted by Gasteiger charge is -2.22. The van der Waals surface area contributed by atoms with Gasteiger partial charge < -0.3 is 10.1 Å². The normalized spacial score (nSPS) is 12.1. The number of amides is 1. The summed E-state index contributed by atoms with van der Waals surface area (Å²) in [5.74, 6) is -0.273. The van der Waals surface area contributed by atoms with E-state index >= 15 is 0 Å². The number of carbonyl (C=O) groups is 2. The van der Waals surface area contributed by atoms with Crippen LogP contribution in [0.1, 0.15) is 41.7 Å². The molecule has 0 radical (unpaired) electrons. The Morgan fingerprint density at radius 1 is 1.32 bits per heavy atom. The molecule has 1 atom stereocenters. The van der Waals surface area contributed by atoms with Gasteiger partial charge >= 0.3 is 6.09 Å². The third-order valence-electron chi connectivity index (χ3n) is 3.17. The molecule has 7 heteroatoms. The van der Waals surface area contributed by atoms with Crippen LogP contribution in [-0.2, 0) is 11.2 Å². The first-order chi connectivity index (χ1) is 11.8. The number of nitrogens with zero attached hydrogens (tertiary/aromatic N) is 2. The maximum atomic E-state index is 12.7. The van der Waals surface area contributed by atoms with E-state index in [-0.39, 0.29) is 12.2 Å². The van der Waals surface area contributed by atoms with Gasteiger partial charge in [-0.05, 0) is 38.5 Å². The number of aromatic nitrogens is 1. The fourth-order valence-corrected chi connectivity index (χ4v) is 2.74. The Labute approximate surface area is 150 Å². The minimum absolute atomic E-state index is 0.273. The molecule has 0 fully saturated rings. The summed E-state index contributed by atoms with van der Waals surface area (Å²) >= 11 is 1.22. The molecule has 2 rings (SSSR count). The highest BCUT2D eigenvalue weighted by Crippen LogP contribution is 2.14. The quantitative estimate of drug-likeness (QED) is 0.829. The average Bonchev–Trinajstić information content (AvgIpc) is 3.07. The van der Waals surface area contributed by atoms with Crippen LogP contribution in [0.4, 0.5) is 4.79 Å². The lowest BCUT2D eigenvalue weighted by atomic mass is 10.0. The topological polar surface area (TPSA) is 92.1 Å². The van der Waals surface area contributed by atoms with E-state index in [4.69, 9.17) is 10.00 Å². The summed E-state index contributed by atoms with van der Waals surface area (Å²) in [5.41, 5.74) is 0.699. The van der Waals surface area contributed by atoms with E-state index in [1.807, 2.05) is 6.07 Å². The zero-order chi connectivity index (χ0) is 18.4. The number of rotatable bonds is 5. The third kappa shape index (κ3) is 5.69. The maximum absolute atomic E-state index is 12.7. The number of nitriles is 1. The first kappa shape index (κ1) is 18.6. The Hall–Kier alpha value is -2.72. The molecule has 25 heavy (non-hydrogen) atoms. The molecule has 1 aromatic heterocycles. The van der Waals surface area contributed by atoms with Gasteiger partial charge in [0.2, 0.25) is 5.78 Å². The van der Waals surface area contributed by atoms with Gasteiger partial charge in [0, 0.05) is 18.0 Å². The monoisotopic (exact) mass is 357 g/mol. The van der Waals surface area contributed by atoms with Crippen molar-refractivity contribution in [2.75, 3.05) is 0 Å². The van der Waals surface area contributed by atoms with Gasteiger partial charge in [-0.1, -0.05) is 12.1 Å². The number of hydrogen-bond acceptors (Lipinski definition) is 6. The van der Waals surface area contributed by atoms with Crippen LogP contribution in [0.5, 0.6) is 0 Å². The van der Waals surface area contributed by atoms with Gasteiger partial charge in [-0.25, -0.2) is 9.78 Å². The van der Waals surface area contributed by atoms with Crippen molar-refractivity contribution in [1.29, 1.82) is 5.26 Å². The number of thiazole rings is 1. The summed E-state index contributed by atoms with van der Waals surface area (Å²) < 4.78 is 5.25. The van der Waals surface area contributed by atoms with E-state index in [0.29, 0.717) is 10.6 Å². The van der Waals surface area contributed by atoms with Crippen LogP contribution in [0.3, 0.4) is 0 Å². The SMILES string of the molecule is CC(C)(C)OC(=O)NC(Cc1ccc(C#N)cc1)C(=O)c1nccs1. The summed E-state index contributed by atoms with van der Waals surface area (Å²) in [6.07, 6.45) is 1.17. The Morgan fingerprint density at radius 2 is 2.00 bits per heavy atom. The molecule has 0 spiro atoms. The number of Topliss-reactive ketones (excluding diaryl/α,β-unsaturated/α-hetero) is 1.